The first-order valence-electron chi connectivity index (χ1n) is 6.95. The molecule has 0 bridgehead atoms. The van der Waals surface area contributed by atoms with E-state index in [1.807, 2.05) is 39.0 Å². The van der Waals surface area contributed by atoms with Gasteiger partial charge in [0.25, 0.3) is 0 Å². The second-order valence-electron chi connectivity index (χ2n) is 4.23. The van der Waals surface area contributed by atoms with Gasteiger partial charge in [-0.25, -0.2) is 0 Å². The summed E-state index contributed by atoms with van der Waals surface area (Å²) in [5, 5.41) is 3.40. The number of nitrogens with one attached hydrogen (secondary N) is 1. The van der Waals surface area contributed by atoms with Gasteiger partial charge >= 0.3 is 0 Å². The molecule has 0 amide bonds. The Morgan fingerprint density at radius 3 is 2.42 bits per heavy atom. The molecule has 1 unspecified atom stereocenters. The van der Waals surface area contributed by atoms with E-state index >= 15 is 0 Å². The fourth-order valence-corrected chi connectivity index (χ4v) is 1.76. The van der Waals surface area contributed by atoms with Crippen molar-refractivity contribution in [2.75, 3.05) is 31.7 Å². The summed E-state index contributed by atoms with van der Waals surface area (Å²) in [6.07, 6.45) is 0. The molecule has 1 atom stereocenters. The molecule has 4 heteroatoms. The van der Waals surface area contributed by atoms with Crippen LogP contribution in [-0.2, 0) is 4.74 Å². The van der Waals surface area contributed by atoms with Crippen molar-refractivity contribution in [2.45, 2.75) is 33.7 Å². The van der Waals surface area contributed by atoms with Gasteiger partial charge in [0.2, 0.25) is 0 Å². The van der Waals surface area contributed by atoms with E-state index in [1.54, 1.807) is 0 Å². The number of rotatable bonds is 9. The van der Waals surface area contributed by atoms with E-state index in [-0.39, 0.29) is 6.04 Å². The highest BCUT2D eigenvalue weighted by atomic mass is 16.5. The molecule has 0 heterocycles. The average molecular weight is 267 g/mol. The van der Waals surface area contributed by atoms with Crippen LogP contribution in [-0.4, -0.2) is 32.5 Å². The fourth-order valence-electron chi connectivity index (χ4n) is 1.76. The van der Waals surface area contributed by atoms with Gasteiger partial charge in [0.15, 0.2) is 0 Å². The van der Waals surface area contributed by atoms with Crippen LogP contribution >= 0.6 is 0 Å². The Morgan fingerprint density at radius 1 is 1.05 bits per heavy atom. The third-order valence-electron chi connectivity index (χ3n) is 2.54. The molecule has 0 aliphatic rings. The third-order valence-corrected chi connectivity index (χ3v) is 2.54. The molecule has 1 N–H and O–H groups in total. The van der Waals surface area contributed by atoms with Crippen molar-refractivity contribution in [3.63, 3.8) is 0 Å². The molecule has 0 radical (unpaired) electrons. The highest BCUT2D eigenvalue weighted by Crippen LogP contribution is 2.30. The lowest BCUT2D eigenvalue weighted by Crippen LogP contribution is -2.22. The number of ether oxygens (including phenoxy) is 3. The van der Waals surface area contributed by atoms with E-state index in [1.165, 1.54) is 0 Å². The van der Waals surface area contributed by atoms with Crippen LogP contribution in [0.5, 0.6) is 11.5 Å². The average Bonchev–Trinajstić information content (AvgIpc) is 2.40. The van der Waals surface area contributed by atoms with Gasteiger partial charge in [0.05, 0.1) is 25.5 Å². The number of hydrogen-bond donors (Lipinski definition) is 1. The summed E-state index contributed by atoms with van der Waals surface area (Å²) in [5.41, 5.74) is 0.944. The number of benzene rings is 1. The second kappa shape index (κ2) is 8.64. The molecule has 0 aliphatic carbocycles. The van der Waals surface area contributed by atoms with Crippen molar-refractivity contribution in [1.29, 1.82) is 0 Å². The van der Waals surface area contributed by atoms with Gasteiger partial charge in [0, 0.05) is 18.7 Å². The van der Waals surface area contributed by atoms with Crippen LogP contribution in [0.25, 0.3) is 0 Å². The summed E-state index contributed by atoms with van der Waals surface area (Å²) >= 11 is 0. The summed E-state index contributed by atoms with van der Waals surface area (Å²) in [5.74, 6) is 1.69. The largest absolute Gasteiger partial charge is 0.494 e. The maximum Gasteiger partial charge on any atom is 0.142 e. The lowest BCUT2D eigenvalue weighted by Gasteiger charge is -2.19. The van der Waals surface area contributed by atoms with Crippen LogP contribution in [0.4, 0.5) is 5.69 Å². The van der Waals surface area contributed by atoms with Gasteiger partial charge in [-0.15, -0.1) is 0 Å². The summed E-state index contributed by atoms with van der Waals surface area (Å²) in [4.78, 5) is 0. The zero-order valence-electron chi connectivity index (χ0n) is 12.4. The molecule has 4 nitrogen and oxygen atoms in total. The van der Waals surface area contributed by atoms with Crippen molar-refractivity contribution in [2.24, 2.45) is 0 Å². The Bertz CT molecular complexity index is 368. The molecule has 0 aliphatic heterocycles. The molecule has 108 valence electrons. The van der Waals surface area contributed by atoms with Crippen LogP contribution in [0.3, 0.4) is 0 Å². The SMILES string of the molecule is CCOCC(C)Nc1cc(OCC)ccc1OCC. The monoisotopic (exact) mass is 267 g/mol. The summed E-state index contributed by atoms with van der Waals surface area (Å²) in [6.45, 7) is 10.7. The van der Waals surface area contributed by atoms with Gasteiger partial charge in [-0.1, -0.05) is 0 Å². The van der Waals surface area contributed by atoms with E-state index in [0.29, 0.717) is 19.8 Å². The lowest BCUT2D eigenvalue weighted by atomic mass is 10.2. The summed E-state index contributed by atoms with van der Waals surface area (Å²) in [6, 6.07) is 6.05. The molecule has 0 fully saturated rings. The topological polar surface area (TPSA) is 39.7 Å². The van der Waals surface area contributed by atoms with Gasteiger partial charge in [-0.2, -0.15) is 0 Å². The third kappa shape index (κ3) is 5.39. The van der Waals surface area contributed by atoms with Crippen molar-refractivity contribution in [3.05, 3.63) is 18.2 Å². The Morgan fingerprint density at radius 2 is 1.79 bits per heavy atom. The molecule has 0 aromatic heterocycles. The van der Waals surface area contributed by atoms with Crippen LogP contribution < -0.4 is 14.8 Å². The Hall–Kier alpha value is -1.42. The molecular formula is C15H25NO3. The zero-order valence-corrected chi connectivity index (χ0v) is 12.4. The number of anilines is 1. The number of hydrogen-bond acceptors (Lipinski definition) is 4. The second-order valence-corrected chi connectivity index (χ2v) is 4.23. The zero-order chi connectivity index (χ0) is 14.1. The Balaban J connectivity index is 2.77. The molecule has 1 rings (SSSR count). The smallest absolute Gasteiger partial charge is 0.142 e. The van der Waals surface area contributed by atoms with E-state index in [0.717, 1.165) is 23.8 Å². The minimum atomic E-state index is 0.219. The molecule has 19 heavy (non-hydrogen) atoms. The quantitative estimate of drug-likeness (QED) is 0.745. The van der Waals surface area contributed by atoms with Crippen molar-refractivity contribution >= 4 is 5.69 Å². The lowest BCUT2D eigenvalue weighted by molar-refractivity contribution is 0.141. The molecule has 1 aromatic rings. The maximum atomic E-state index is 5.62. The predicted molar refractivity (Wildman–Crippen MR) is 78.4 cm³/mol. The predicted octanol–water partition coefficient (Wildman–Crippen LogP) is 3.32. The normalized spacial score (nSPS) is 12.0. The van der Waals surface area contributed by atoms with Crippen LogP contribution in [0.2, 0.25) is 0 Å². The summed E-state index contributed by atoms with van der Waals surface area (Å²) < 4.78 is 16.5. The van der Waals surface area contributed by atoms with Crippen LogP contribution in [0.1, 0.15) is 27.7 Å². The van der Waals surface area contributed by atoms with Crippen LogP contribution in [0.15, 0.2) is 18.2 Å². The first kappa shape index (κ1) is 15.6. The standard InChI is InChI=1S/C15H25NO3/c1-5-17-11-12(4)16-14-10-13(18-6-2)8-9-15(14)19-7-3/h8-10,12,16H,5-7,11H2,1-4H3. The fraction of sp³-hybridized carbons (Fsp3) is 0.600. The molecule has 0 spiro atoms. The van der Waals surface area contributed by atoms with E-state index in [2.05, 4.69) is 12.2 Å². The molecule has 0 saturated heterocycles. The molecule has 1 aromatic carbocycles. The van der Waals surface area contributed by atoms with Gasteiger partial charge < -0.3 is 19.5 Å². The minimum Gasteiger partial charge on any atom is -0.494 e. The first-order chi connectivity index (χ1) is 9.21. The van der Waals surface area contributed by atoms with Crippen molar-refractivity contribution in [1.82, 2.24) is 0 Å². The van der Waals surface area contributed by atoms with Crippen LogP contribution in [0, 0.1) is 0 Å². The molecular weight excluding hydrogens is 242 g/mol. The molecule has 0 saturated carbocycles. The van der Waals surface area contributed by atoms with Gasteiger partial charge in [-0.05, 0) is 39.8 Å². The summed E-state index contributed by atoms with van der Waals surface area (Å²) in [7, 11) is 0. The van der Waals surface area contributed by atoms with Gasteiger partial charge in [0.1, 0.15) is 11.5 Å². The highest BCUT2D eigenvalue weighted by molar-refractivity contribution is 5.60. The van der Waals surface area contributed by atoms with E-state index in [4.69, 9.17) is 14.2 Å². The van der Waals surface area contributed by atoms with E-state index in [9.17, 15) is 0 Å². The van der Waals surface area contributed by atoms with E-state index < -0.39 is 0 Å². The van der Waals surface area contributed by atoms with Gasteiger partial charge in [-0.3, -0.25) is 0 Å². The minimum absolute atomic E-state index is 0.219. The first-order valence-corrected chi connectivity index (χ1v) is 6.95. The Kier molecular flexibility index (Phi) is 7.11. The maximum absolute atomic E-state index is 5.62. The Labute approximate surface area is 116 Å². The van der Waals surface area contributed by atoms with Crippen molar-refractivity contribution in [3.8, 4) is 11.5 Å². The highest BCUT2D eigenvalue weighted by Gasteiger charge is 2.09. The van der Waals surface area contributed by atoms with Crippen molar-refractivity contribution < 1.29 is 14.2 Å².